The highest BCUT2D eigenvalue weighted by molar-refractivity contribution is 8.01. The first-order chi connectivity index (χ1) is 2.91. The first-order valence-corrected chi connectivity index (χ1v) is 3.38. The van der Waals surface area contributed by atoms with Crippen molar-refractivity contribution in [2.24, 2.45) is 0 Å². The Morgan fingerprint density at radius 1 is 1.67 bits per heavy atom. The average molecular weight is 102 g/mol. The van der Waals surface area contributed by atoms with Crippen LogP contribution in [0, 0.1) is 0 Å². The molecule has 0 atom stereocenters. The molecule has 0 aliphatic rings. The van der Waals surface area contributed by atoms with Crippen LogP contribution in [0.5, 0.6) is 0 Å². The van der Waals surface area contributed by atoms with Crippen LogP contribution >= 0.6 is 11.8 Å². The highest BCUT2D eigenvalue weighted by atomic mass is 32.2. The van der Waals surface area contributed by atoms with Crippen molar-refractivity contribution < 1.29 is 0 Å². The molecule has 0 aliphatic heterocycles. The van der Waals surface area contributed by atoms with Gasteiger partial charge in [0, 0.05) is 0 Å². The summed E-state index contributed by atoms with van der Waals surface area (Å²) >= 11 is 1.75. The second kappa shape index (κ2) is 5.09. The van der Waals surface area contributed by atoms with Gasteiger partial charge in [-0.1, -0.05) is 13.0 Å². The summed E-state index contributed by atoms with van der Waals surface area (Å²) in [6, 6.07) is 0. The lowest BCUT2D eigenvalue weighted by Crippen LogP contribution is -1.46. The molecule has 0 spiro atoms. The van der Waals surface area contributed by atoms with Gasteiger partial charge in [-0.05, 0) is 18.1 Å². The minimum Gasteiger partial charge on any atom is -0.138 e. The third kappa shape index (κ3) is 4.09. The van der Waals surface area contributed by atoms with Crippen LogP contribution in [0.3, 0.4) is 0 Å². The lowest BCUT2D eigenvalue weighted by Gasteiger charge is -1.72. The van der Waals surface area contributed by atoms with Crippen molar-refractivity contribution in [3.8, 4) is 0 Å². The van der Waals surface area contributed by atoms with E-state index in [4.69, 9.17) is 0 Å². The van der Waals surface area contributed by atoms with Crippen molar-refractivity contribution in [3.63, 3.8) is 0 Å². The van der Waals surface area contributed by atoms with Crippen molar-refractivity contribution >= 4 is 11.8 Å². The third-order valence-electron chi connectivity index (χ3n) is 0.468. The van der Waals surface area contributed by atoms with Gasteiger partial charge < -0.3 is 0 Å². The van der Waals surface area contributed by atoms with E-state index in [-0.39, 0.29) is 0 Å². The Hall–Kier alpha value is 0.0900. The molecular formula is C5H10S. The summed E-state index contributed by atoms with van der Waals surface area (Å²) in [6.45, 7) is 2.13. The number of rotatable bonds is 2. The normalized spacial score (nSPS) is 10.3. The monoisotopic (exact) mass is 102 g/mol. The second-order valence-electron chi connectivity index (χ2n) is 1.02. The molecule has 0 N–H and O–H groups in total. The van der Waals surface area contributed by atoms with Gasteiger partial charge in [-0.2, -0.15) is 0 Å². The van der Waals surface area contributed by atoms with Crippen LogP contribution in [0.4, 0.5) is 0 Å². The quantitative estimate of drug-likeness (QED) is 0.515. The zero-order chi connectivity index (χ0) is 4.83. The van der Waals surface area contributed by atoms with Gasteiger partial charge in [0.05, 0.1) is 0 Å². The highest BCUT2D eigenvalue weighted by Gasteiger charge is 1.59. The van der Waals surface area contributed by atoms with Crippen LogP contribution in [0.25, 0.3) is 0 Å². The lowest BCUT2D eigenvalue weighted by atomic mass is 10.5. The molecule has 0 saturated carbocycles. The van der Waals surface area contributed by atoms with E-state index >= 15 is 0 Å². The van der Waals surface area contributed by atoms with E-state index in [0.29, 0.717) is 0 Å². The molecule has 0 aromatic heterocycles. The largest absolute Gasteiger partial charge is 0.138 e. The predicted molar refractivity (Wildman–Crippen MR) is 32.9 cm³/mol. The maximum absolute atomic E-state index is 2.14. The Labute approximate surface area is 43.6 Å². The summed E-state index contributed by atoms with van der Waals surface area (Å²) in [6.07, 6.45) is 5.36. The molecule has 0 bridgehead atoms. The van der Waals surface area contributed by atoms with Gasteiger partial charge in [0.15, 0.2) is 0 Å². The fourth-order valence-electron chi connectivity index (χ4n) is 0.192. The third-order valence-corrected chi connectivity index (χ3v) is 0.933. The maximum Gasteiger partial charge on any atom is -0.0142 e. The van der Waals surface area contributed by atoms with E-state index in [1.54, 1.807) is 11.8 Å². The van der Waals surface area contributed by atoms with Gasteiger partial charge in [0.25, 0.3) is 0 Å². The minimum atomic E-state index is 1.15. The molecule has 0 unspecified atom stereocenters. The van der Waals surface area contributed by atoms with E-state index in [1.807, 2.05) is 0 Å². The van der Waals surface area contributed by atoms with E-state index < -0.39 is 0 Å². The molecular weight excluding hydrogens is 92.1 g/mol. The summed E-state index contributed by atoms with van der Waals surface area (Å²) in [5.74, 6) is 0. The van der Waals surface area contributed by atoms with Crippen LogP contribution in [0.1, 0.15) is 13.3 Å². The Bertz CT molecular complexity index is 33.2. The van der Waals surface area contributed by atoms with Crippen LogP contribution in [-0.4, -0.2) is 6.26 Å². The summed E-state index contributed by atoms with van der Waals surface area (Å²) in [4.78, 5) is 0. The van der Waals surface area contributed by atoms with E-state index in [1.165, 1.54) is 0 Å². The van der Waals surface area contributed by atoms with E-state index in [0.717, 1.165) is 6.42 Å². The molecule has 0 fully saturated rings. The maximum atomic E-state index is 2.14. The standard InChI is InChI=1S/C5H10S/c1-3-4-5-6-2/h4-5H,3H2,1-2H3/b5-4-. The smallest absolute Gasteiger partial charge is 0.0142 e. The fourth-order valence-corrected chi connectivity index (χ4v) is 0.577. The molecule has 6 heavy (non-hydrogen) atoms. The molecule has 1 heteroatoms. The van der Waals surface area contributed by atoms with Crippen LogP contribution in [0.15, 0.2) is 11.5 Å². The van der Waals surface area contributed by atoms with E-state index in [9.17, 15) is 0 Å². The molecule has 0 aliphatic carbocycles. The highest BCUT2D eigenvalue weighted by Crippen LogP contribution is 1.93. The van der Waals surface area contributed by atoms with Gasteiger partial charge in [0.2, 0.25) is 0 Å². The molecule has 0 radical (unpaired) electrons. The zero-order valence-electron chi connectivity index (χ0n) is 4.27. The van der Waals surface area contributed by atoms with Crippen molar-refractivity contribution in [1.29, 1.82) is 0 Å². The SMILES string of the molecule is CC/C=C\SC. The van der Waals surface area contributed by atoms with Crippen molar-refractivity contribution in [3.05, 3.63) is 11.5 Å². The van der Waals surface area contributed by atoms with Crippen molar-refractivity contribution in [2.75, 3.05) is 6.26 Å². The zero-order valence-corrected chi connectivity index (χ0v) is 5.09. The van der Waals surface area contributed by atoms with Gasteiger partial charge in [-0.15, -0.1) is 11.8 Å². The first kappa shape index (κ1) is 6.09. The molecule has 36 valence electrons. The predicted octanol–water partition coefficient (Wildman–Crippen LogP) is 2.27. The Morgan fingerprint density at radius 3 is 2.50 bits per heavy atom. The molecule has 0 saturated heterocycles. The number of allylic oxidation sites excluding steroid dienone is 1. The first-order valence-electron chi connectivity index (χ1n) is 2.09. The second-order valence-corrected chi connectivity index (χ2v) is 1.76. The Morgan fingerprint density at radius 2 is 2.33 bits per heavy atom. The number of hydrogen-bond donors (Lipinski definition) is 0. The van der Waals surface area contributed by atoms with E-state index in [2.05, 4.69) is 24.7 Å². The summed E-state index contributed by atoms with van der Waals surface area (Å²) in [5, 5.41) is 2.10. The summed E-state index contributed by atoms with van der Waals surface area (Å²) in [7, 11) is 0. The van der Waals surface area contributed by atoms with Crippen molar-refractivity contribution in [1.82, 2.24) is 0 Å². The van der Waals surface area contributed by atoms with Gasteiger partial charge >= 0.3 is 0 Å². The molecule has 0 aromatic rings. The molecule has 0 nitrogen and oxygen atoms in total. The molecule has 0 heterocycles. The van der Waals surface area contributed by atoms with Gasteiger partial charge in [-0.25, -0.2) is 0 Å². The molecule has 0 rings (SSSR count). The van der Waals surface area contributed by atoms with Crippen LogP contribution in [0.2, 0.25) is 0 Å². The van der Waals surface area contributed by atoms with Crippen LogP contribution < -0.4 is 0 Å². The number of hydrogen-bond acceptors (Lipinski definition) is 1. The molecule has 0 aromatic carbocycles. The van der Waals surface area contributed by atoms with Gasteiger partial charge in [0.1, 0.15) is 0 Å². The minimum absolute atomic E-state index is 1.15. The summed E-state index contributed by atoms with van der Waals surface area (Å²) in [5.41, 5.74) is 0. The van der Waals surface area contributed by atoms with Crippen LogP contribution in [-0.2, 0) is 0 Å². The lowest BCUT2D eigenvalue weighted by molar-refractivity contribution is 1.23. The van der Waals surface area contributed by atoms with Crippen molar-refractivity contribution in [2.45, 2.75) is 13.3 Å². The van der Waals surface area contributed by atoms with Gasteiger partial charge in [-0.3, -0.25) is 0 Å². The fraction of sp³-hybridized carbons (Fsp3) is 0.600. The average Bonchev–Trinajstić information content (AvgIpc) is 1.61. The molecule has 0 amide bonds. The topological polar surface area (TPSA) is 0 Å². The number of thioether (sulfide) groups is 1. The Balaban J connectivity index is 2.73. The Kier molecular flexibility index (Phi) is 5.17. The summed E-state index contributed by atoms with van der Waals surface area (Å²) < 4.78 is 0.